The molecule has 4 rings (SSSR count). The second-order valence-corrected chi connectivity index (χ2v) is 7.55. The van der Waals surface area contributed by atoms with Crippen LogP contribution in [0.3, 0.4) is 0 Å². The van der Waals surface area contributed by atoms with E-state index in [9.17, 15) is 0 Å². The van der Waals surface area contributed by atoms with Crippen molar-refractivity contribution in [1.29, 1.82) is 0 Å². The summed E-state index contributed by atoms with van der Waals surface area (Å²) in [5, 5.41) is 7.51. The zero-order chi connectivity index (χ0) is 18.6. The van der Waals surface area contributed by atoms with Crippen molar-refractivity contribution in [1.82, 2.24) is 5.43 Å². The lowest BCUT2D eigenvalue weighted by Crippen LogP contribution is -2.35. The summed E-state index contributed by atoms with van der Waals surface area (Å²) in [4.78, 5) is 3.32. The Bertz CT molecular complexity index is 962. The number of hydrazine groups is 1. The summed E-state index contributed by atoms with van der Waals surface area (Å²) >= 11 is 1.66. The highest BCUT2D eigenvalue weighted by molar-refractivity contribution is 7.18. The van der Waals surface area contributed by atoms with Gasteiger partial charge in [-0.3, -0.25) is 0 Å². The number of nitrogens with zero attached hydrogens (tertiary/aromatic N) is 2. The molecule has 1 aliphatic heterocycles. The Kier molecular flexibility index (Phi) is 5.24. The fourth-order valence-corrected chi connectivity index (χ4v) is 4.61. The molecule has 0 bridgehead atoms. The monoisotopic (exact) mass is 381 g/mol. The SMILES string of the molecule is N/N=C(\NN)c1sc(N2CCOCC2)cc1Cc1ccc2ccccc2c1. The van der Waals surface area contributed by atoms with Crippen LogP contribution in [0.5, 0.6) is 0 Å². The van der Waals surface area contributed by atoms with Crippen molar-refractivity contribution in [2.75, 3.05) is 31.2 Å². The highest BCUT2D eigenvalue weighted by Gasteiger charge is 2.19. The van der Waals surface area contributed by atoms with E-state index in [0.717, 1.165) is 37.6 Å². The van der Waals surface area contributed by atoms with Crippen LogP contribution in [0.1, 0.15) is 16.0 Å². The second-order valence-electron chi connectivity index (χ2n) is 6.52. The minimum absolute atomic E-state index is 0.510. The summed E-state index contributed by atoms with van der Waals surface area (Å²) in [5.74, 6) is 11.7. The van der Waals surface area contributed by atoms with E-state index in [4.69, 9.17) is 16.4 Å². The molecular formula is C20H23N5OS. The zero-order valence-corrected chi connectivity index (χ0v) is 15.8. The number of amidine groups is 1. The topological polar surface area (TPSA) is 88.9 Å². The summed E-state index contributed by atoms with van der Waals surface area (Å²) in [6.45, 7) is 3.28. The van der Waals surface area contributed by atoms with Crippen LogP contribution in [-0.2, 0) is 11.2 Å². The van der Waals surface area contributed by atoms with Gasteiger partial charge in [-0.15, -0.1) is 11.3 Å². The van der Waals surface area contributed by atoms with Crippen LogP contribution < -0.4 is 22.0 Å². The molecule has 140 valence electrons. The molecule has 0 unspecified atom stereocenters. The van der Waals surface area contributed by atoms with Gasteiger partial charge in [0.05, 0.1) is 23.1 Å². The van der Waals surface area contributed by atoms with E-state index in [1.54, 1.807) is 11.3 Å². The molecule has 27 heavy (non-hydrogen) atoms. The van der Waals surface area contributed by atoms with Crippen molar-refractivity contribution in [2.24, 2.45) is 16.8 Å². The highest BCUT2D eigenvalue weighted by atomic mass is 32.1. The van der Waals surface area contributed by atoms with E-state index in [1.165, 1.54) is 26.9 Å². The second kappa shape index (κ2) is 7.96. The van der Waals surface area contributed by atoms with Gasteiger partial charge in [-0.1, -0.05) is 42.5 Å². The molecule has 0 spiro atoms. The molecule has 1 aromatic heterocycles. The number of fused-ring (bicyclic) bond motifs is 1. The van der Waals surface area contributed by atoms with Gasteiger partial charge in [0.1, 0.15) is 0 Å². The van der Waals surface area contributed by atoms with Crippen LogP contribution in [-0.4, -0.2) is 32.1 Å². The molecule has 1 saturated heterocycles. The van der Waals surface area contributed by atoms with Gasteiger partial charge in [-0.25, -0.2) is 5.84 Å². The molecule has 0 amide bonds. The Hall–Kier alpha value is -2.61. The van der Waals surface area contributed by atoms with Gasteiger partial charge < -0.3 is 20.9 Å². The molecule has 3 aromatic rings. The lowest BCUT2D eigenvalue weighted by Gasteiger charge is -2.27. The molecule has 0 atom stereocenters. The maximum absolute atomic E-state index is 5.65. The first kappa shape index (κ1) is 17.8. The third-order valence-corrected chi connectivity index (χ3v) is 6.05. The Morgan fingerprint density at radius 1 is 1.11 bits per heavy atom. The number of anilines is 1. The predicted octanol–water partition coefficient (Wildman–Crippen LogP) is 2.41. The Labute approximate surface area is 162 Å². The first-order chi connectivity index (χ1) is 13.3. The molecule has 2 heterocycles. The minimum Gasteiger partial charge on any atom is -0.378 e. The lowest BCUT2D eigenvalue weighted by atomic mass is 10.0. The molecule has 0 aliphatic carbocycles. The normalized spacial score (nSPS) is 15.3. The smallest absolute Gasteiger partial charge is 0.177 e. The molecule has 7 heteroatoms. The van der Waals surface area contributed by atoms with Crippen molar-refractivity contribution >= 4 is 32.9 Å². The van der Waals surface area contributed by atoms with Crippen molar-refractivity contribution in [3.8, 4) is 0 Å². The lowest BCUT2D eigenvalue weighted by molar-refractivity contribution is 0.123. The number of nitrogens with two attached hydrogens (primary N) is 2. The number of morpholine rings is 1. The average molecular weight is 382 g/mol. The molecule has 1 fully saturated rings. The average Bonchev–Trinajstić information content (AvgIpc) is 3.13. The van der Waals surface area contributed by atoms with Crippen LogP contribution in [0.15, 0.2) is 53.6 Å². The molecule has 1 aliphatic rings. The molecule has 6 nitrogen and oxygen atoms in total. The first-order valence-electron chi connectivity index (χ1n) is 8.96. The van der Waals surface area contributed by atoms with E-state index >= 15 is 0 Å². The van der Waals surface area contributed by atoms with Gasteiger partial charge in [-0.05, 0) is 34.4 Å². The summed E-state index contributed by atoms with van der Waals surface area (Å²) in [6.07, 6.45) is 0.793. The Morgan fingerprint density at radius 2 is 1.89 bits per heavy atom. The number of thiophene rings is 1. The quantitative estimate of drug-likeness (QED) is 0.280. The summed E-state index contributed by atoms with van der Waals surface area (Å²) < 4.78 is 5.47. The van der Waals surface area contributed by atoms with Gasteiger partial charge in [0.2, 0.25) is 0 Å². The maximum atomic E-state index is 5.65. The fourth-order valence-electron chi connectivity index (χ4n) is 3.42. The summed E-state index contributed by atoms with van der Waals surface area (Å²) in [6, 6.07) is 17.2. The maximum Gasteiger partial charge on any atom is 0.177 e. The number of rotatable bonds is 4. The van der Waals surface area contributed by atoms with Crippen molar-refractivity contribution < 1.29 is 4.74 Å². The number of hydrogen-bond donors (Lipinski definition) is 3. The van der Waals surface area contributed by atoms with Crippen LogP contribution in [0, 0.1) is 0 Å². The fraction of sp³-hybridized carbons (Fsp3) is 0.250. The predicted molar refractivity (Wildman–Crippen MR) is 112 cm³/mol. The van der Waals surface area contributed by atoms with E-state index in [1.807, 2.05) is 0 Å². The van der Waals surface area contributed by atoms with Crippen molar-refractivity contribution in [3.63, 3.8) is 0 Å². The van der Waals surface area contributed by atoms with Gasteiger partial charge in [0.15, 0.2) is 5.84 Å². The minimum atomic E-state index is 0.510. The largest absolute Gasteiger partial charge is 0.378 e. The standard InChI is InChI=1S/C20H23N5OS/c21-23-20(24-22)19-17(13-18(27-19)25-7-9-26-10-8-25)12-14-5-6-15-3-1-2-4-16(15)11-14/h1-6,11,13H,7-10,12,21-22H2,(H,23,24). The van der Waals surface area contributed by atoms with Crippen molar-refractivity contribution in [3.05, 3.63) is 64.5 Å². The third-order valence-electron chi connectivity index (χ3n) is 4.81. The van der Waals surface area contributed by atoms with E-state index in [0.29, 0.717) is 5.84 Å². The molecule has 2 aromatic carbocycles. The number of ether oxygens (including phenoxy) is 1. The van der Waals surface area contributed by atoms with Crippen LogP contribution >= 0.6 is 11.3 Å². The number of nitrogens with one attached hydrogen (secondary N) is 1. The van der Waals surface area contributed by atoms with Gasteiger partial charge in [0, 0.05) is 13.1 Å². The number of benzene rings is 2. The highest BCUT2D eigenvalue weighted by Crippen LogP contribution is 2.33. The Balaban J connectivity index is 1.69. The van der Waals surface area contributed by atoms with Gasteiger partial charge in [-0.2, -0.15) is 5.10 Å². The van der Waals surface area contributed by atoms with Crippen LogP contribution in [0.4, 0.5) is 5.00 Å². The van der Waals surface area contributed by atoms with E-state index in [-0.39, 0.29) is 0 Å². The summed E-state index contributed by atoms with van der Waals surface area (Å²) in [5.41, 5.74) is 5.04. The van der Waals surface area contributed by atoms with Gasteiger partial charge in [0.25, 0.3) is 0 Å². The third kappa shape index (κ3) is 3.75. The Morgan fingerprint density at radius 3 is 2.63 bits per heavy atom. The van der Waals surface area contributed by atoms with Crippen LogP contribution in [0.2, 0.25) is 0 Å². The summed E-state index contributed by atoms with van der Waals surface area (Å²) in [7, 11) is 0. The van der Waals surface area contributed by atoms with Crippen LogP contribution in [0.25, 0.3) is 10.8 Å². The van der Waals surface area contributed by atoms with E-state index in [2.05, 4.69) is 64.0 Å². The van der Waals surface area contributed by atoms with Crippen molar-refractivity contribution in [2.45, 2.75) is 6.42 Å². The van der Waals surface area contributed by atoms with Gasteiger partial charge >= 0.3 is 0 Å². The number of hydrazone groups is 1. The molecule has 0 saturated carbocycles. The zero-order valence-electron chi connectivity index (χ0n) is 15.0. The molecule has 0 radical (unpaired) electrons. The van der Waals surface area contributed by atoms with E-state index < -0.39 is 0 Å². The number of hydrogen-bond acceptors (Lipinski definition) is 6. The molecular weight excluding hydrogens is 358 g/mol. The molecule has 5 N–H and O–H groups in total. The first-order valence-corrected chi connectivity index (χ1v) is 9.78.